The molecule has 1 aromatic carbocycles. The van der Waals surface area contributed by atoms with Crippen LogP contribution in [0.1, 0.15) is 120 Å². The van der Waals surface area contributed by atoms with Gasteiger partial charge in [-0.2, -0.15) is 5.10 Å². The summed E-state index contributed by atoms with van der Waals surface area (Å²) in [6.45, 7) is 7.93. The number of aliphatic carboxylic acids is 2. The number of aliphatic hydroxyl groups excluding tert-OH is 2. The fourth-order valence-corrected chi connectivity index (χ4v) is 15.8. The second-order valence-electron chi connectivity index (χ2n) is 21.5. The second-order valence-corrected chi connectivity index (χ2v) is 21.5. The molecule has 338 valence electrons. The summed E-state index contributed by atoms with van der Waals surface area (Å²) < 4.78 is 1.79. The number of carbonyl (C=O) groups is 5. The fraction of sp³-hybridized carbons (Fsp3) is 0.633. The van der Waals surface area contributed by atoms with Crippen LogP contribution in [0.2, 0.25) is 0 Å². The summed E-state index contributed by atoms with van der Waals surface area (Å²) in [5.41, 5.74) is -0.902. The van der Waals surface area contributed by atoms with Gasteiger partial charge in [-0.1, -0.05) is 44.9 Å². The number of carboxylic acid groups (broad SMARTS) is 3. The highest BCUT2D eigenvalue weighted by Gasteiger charge is 2.70. The van der Waals surface area contributed by atoms with Gasteiger partial charge in [-0.25, -0.2) is 19.1 Å². The summed E-state index contributed by atoms with van der Waals surface area (Å²) in [6, 6.07) is 6.74. The molecule has 63 heavy (non-hydrogen) atoms. The Balaban J connectivity index is 0.000000167. The molecule has 6 saturated carbocycles. The molecular formula is C49H60N2O12. The van der Waals surface area contributed by atoms with E-state index in [1.807, 2.05) is 33.0 Å². The van der Waals surface area contributed by atoms with Crippen molar-refractivity contribution in [3.63, 3.8) is 0 Å². The van der Waals surface area contributed by atoms with E-state index >= 15 is 0 Å². The van der Waals surface area contributed by atoms with Gasteiger partial charge in [-0.3, -0.25) is 4.79 Å². The van der Waals surface area contributed by atoms with Crippen LogP contribution in [0.4, 0.5) is 0 Å². The Morgan fingerprint density at radius 2 is 1.30 bits per heavy atom. The van der Waals surface area contributed by atoms with E-state index in [1.165, 1.54) is 5.57 Å². The molecule has 8 aliphatic carbocycles. The SMILES string of the molecule is C[C@]12CC(C=O)C(=O)C=C1CC[C@@H]1[C@@H]2[C@@H](O)C[C@@]2(C)[C@H]1CC[C@]2(O)C(=O)O.C[C@]12Cc3cnn(-c4cccc(C(=O)O)c4)c3C=C1CC[C@@H]1[C@@H]2[C@@H](O)C[C@@]2(C)[C@H]1CC[C@]2(O)C(=O)O. The van der Waals surface area contributed by atoms with Crippen LogP contribution >= 0.6 is 0 Å². The molecular weight excluding hydrogens is 809 g/mol. The Hall–Kier alpha value is -4.50. The first-order chi connectivity index (χ1) is 29.6. The Kier molecular flexibility index (Phi) is 10.1. The average molecular weight is 869 g/mol. The van der Waals surface area contributed by atoms with Gasteiger partial charge in [0.2, 0.25) is 0 Å². The van der Waals surface area contributed by atoms with Crippen molar-refractivity contribution in [1.82, 2.24) is 9.78 Å². The van der Waals surface area contributed by atoms with E-state index in [1.54, 1.807) is 29.0 Å². The number of fused-ring (bicyclic) bond motifs is 11. The number of benzene rings is 1. The molecule has 8 aliphatic rings. The molecule has 6 fully saturated rings. The van der Waals surface area contributed by atoms with E-state index in [-0.39, 0.29) is 78.0 Å². The van der Waals surface area contributed by atoms with Crippen LogP contribution in [-0.2, 0) is 25.6 Å². The molecule has 10 rings (SSSR count). The van der Waals surface area contributed by atoms with Gasteiger partial charge >= 0.3 is 17.9 Å². The van der Waals surface area contributed by atoms with Crippen LogP contribution < -0.4 is 0 Å². The zero-order valence-corrected chi connectivity index (χ0v) is 36.4. The highest BCUT2D eigenvalue weighted by molar-refractivity contribution is 6.02. The lowest BCUT2D eigenvalue weighted by Gasteiger charge is -2.60. The van der Waals surface area contributed by atoms with Crippen LogP contribution in [0.3, 0.4) is 0 Å². The summed E-state index contributed by atoms with van der Waals surface area (Å²) >= 11 is 0. The van der Waals surface area contributed by atoms with Gasteiger partial charge in [-0.15, -0.1) is 0 Å². The first-order valence-electron chi connectivity index (χ1n) is 22.7. The summed E-state index contributed by atoms with van der Waals surface area (Å²) in [6.07, 6.45) is 11.4. The standard InChI is InChI=1S/C28H32N2O6.C21H28O6/c1-26-12-16-14-29-30(18-5-3-4-15(10-18)24(32)33)21(16)11-17(26)6-7-19-20-8-9-28(36,25(34)35)27(20,2)13-22(31)23(19)26;1-19-8-11(10-22)15(23)7-12(19)3-4-13-14-5-6-21(27,18(25)26)20(14,2)9-16(24)17(13)19/h3-5,10-11,14,19-20,22-23,31,36H,6-9,12-13H2,1-2H3,(H,32,33)(H,34,35);7,10-11,13-14,16-17,24,27H,3-6,8-9H2,1-2H3,(H,25,26)/t19-,20-,22-,23+,26-,27-,28-;11?,13-,14-,16-,17+,19-,20-,21-/m00/s1. The molecule has 0 bridgehead atoms. The predicted molar refractivity (Wildman–Crippen MR) is 226 cm³/mol. The third-order valence-electron chi connectivity index (χ3n) is 18.9. The lowest BCUT2D eigenvalue weighted by Crippen LogP contribution is -2.62. The molecule has 1 heterocycles. The average Bonchev–Trinajstić information content (AvgIpc) is 3.85. The molecule has 7 N–H and O–H groups in total. The fourth-order valence-electron chi connectivity index (χ4n) is 15.8. The van der Waals surface area contributed by atoms with E-state index in [9.17, 15) is 59.7 Å². The van der Waals surface area contributed by atoms with Crippen LogP contribution in [0.25, 0.3) is 11.8 Å². The monoisotopic (exact) mass is 868 g/mol. The van der Waals surface area contributed by atoms with Gasteiger partial charge in [0.1, 0.15) is 6.29 Å². The lowest BCUT2D eigenvalue weighted by atomic mass is 9.45. The molecule has 2 aromatic rings. The van der Waals surface area contributed by atoms with E-state index < -0.39 is 63.5 Å². The molecule has 0 amide bonds. The van der Waals surface area contributed by atoms with Crippen molar-refractivity contribution < 1.29 is 59.7 Å². The zero-order chi connectivity index (χ0) is 45.4. The van der Waals surface area contributed by atoms with Gasteiger partial charge in [0.05, 0.1) is 41.3 Å². The van der Waals surface area contributed by atoms with Crippen molar-refractivity contribution in [3.8, 4) is 5.69 Å². The third-order valence-corrected chi connectivity index (χ3v) is 18.9. The van der Waals surface area contributed by atoms with E-state index in [0.717, 1.165) is 42.5 Å². The number of nitrogens with zero attached hydrogens (tertiary/aromatic N) is 2. The lowest BCUT2D eigenvalue weighted by molar-refractivity contribution is -0.195. The van der Waals surface area contributed by atoms with Crippen molar-refractivity contribution in [1.29, 1.82) is 0 Å². The number of hydrogen-bond acceptors (Lipinski definition) is 10. The van der Waals surface area contributed by atoms with Crippen molar-refractivity contribution >= 4 is 36.1 Å². The molecule has 0 aliphatic heterocycles. The summed E-state index contributed by atoms with van der Waals surface area (Å²) in [4.78, 5) is 59.0. The Labute approximate surface area is 366 Å². The number of carbonyl (C=O) groups excluding carboxylic acids is 2. The van der Waals surface area contributed by atoms with Gasteiger partial charge in [0, 0.05) is 10.8 Å². The molecule has 0 spiro atoms. The van der Waals surface area contributed by atoms with Crippen molar-refractivity contribution in [2.24, 2.45) is 63.1 Å². The number of aromatic carboxylic acids is 1. The Bertz CT molecular complexity index is 2370. The maximum absolute atomic E-state index is 12.2. The first kappa shape index (κ1) is 43.7. The third kappa shape index (κ3) is 5.95. The van der Waals surface area contributed by atoms with Crippen LogP contribution in [-0.4, -0.2) is 98.9 Å². The maximum atomic E-state index is 12.2. The molecule has 15 atom stereocenters. The van der Waals surface area contributed by atoms with E-state index in [4.69, 9.17) is 0 Å². The predicted octanol–water partition coefficient (Wildman–Crippen LogP) is 5.27. The van der Waals surface area contributed by atoms with Crippen LogP contribution in [0.15, 0.2) is 47.7 Å². The molecule has 14 heteroatoms. The van der Waals surface area contributed by atoms with Gasteiger partial charge in [-0.05, 0) is 159 Å². The second kappa shape index (κ2) is 14.5. The molecule has 0 radical (unpaired) electrons. The molecule has 14 nitrogen and oxygen atoms in total. The number of aliphatic hydroxyl groups is 4. The largest absolute Gasteiger partial charge is 0.479 e. The number of aromatic nitrogens is 2. The first-order valence-corrected chi connectivity index (χ1v) is 22.7. The number of aldehydes is 1. The highest BCUT2D eigenvalue weighted by atomic mass is 16.4. The molecule has 1 aromatic heterocycles. The minimum Gasteiger partial charge on any atom is -0.479 e. The van der Waals surface area contributed by atoms with Gasteiger partial charge < -0.3 is 40.5 Å². The van der Waals surface area contributed by atoms with E-state index in [0.29, 0.717) is 37.7 Å². The smallest absolute Gasteiger partial charge is 0.336 e. The summed E-state index contributed by atoms with van der Waals surface area (Å²) in [7, 11) is 0. The van der Waals surface area contributed by atoms with Crippen molar-refractivity contribution in [3.05, 3.63) is 64.5 Å². The summed E-state index contributed by atoms with van der Waals surface area (Å²) in [5.74, 6) is -4.06. The number of carboxylic acids is 3. The maximum Gasteiger partial charge on any atom is 0.336 e. The minimum atomic E-state index is -1.81. The minimum absolute atomic E-state index is 0.0117. The normalized spacial score (nSPS) is 44.3. The zero-order valence-electron chi connectivity index (χ0n) is 36.4. The number of rotatable bonds is 5. The van der Waals surface area contributed by atoms with Crippen molar-refractivity contribution in [2.75, 3.05) is 0 Å². The number of ketones is 1. The number of allylic oxidation sites excluding steroid dienone is 2. The number of hydrogen-bond donors (Lipinski definition) is 7. The quantitative estimate of drug-likeness (QED) is 0.150. The van der Waals surface area contributed by atoms with Crippen LogP contribution in [0, 0.1) is 63.1 Å². The van der Waals surface area contributed by atoms with E-state index in [2.05, 4.69) is 18.1 Å². The van der Waals surface area contributed by atoms with Gasteiger partial charge in [0.15, 0.2) is 17.0 Å². The van der Waals surface area contributed by atoms with Gasteiger partial charge in [0.25, 0.3) is 0 Å². The summed E-state index contributed by atoms with van der Waals surface area (Å²) in [5, 5.41) is 78.3. The van der Waals surface area contributed by atoms with Crippen LogP contribution in [0.5, 0.6) is 0 Å². The highest BCUT2D eigenvalue weighted by Crippen LogP contribution is 2.69. The Morgan fingerprint density at radius 1 is 0.762 bits per heavy atom. The molecule has 0 saturated heterocycles. The van der Waals surface area contributed by atoms with Crippen molar-refractivity contribution in [2.45, 2.75) is 128 Å². The topological polar surface area (TPSA) is 245 Å². The molecule has 1 unspecified atom stereocenters. The Morgan fingerprint density at radius 3 is 1.83 bits per heavy atom.